The fourth-order valence-electron chi connectivity index (χ4n) is 2.67. The van der Waals surface area contributed by atoms with E-state index in [2.05, 4.69) is 10.2 Å². The van der Waals surface area contributed by atoms with Crippen molar-refractivity contribution >= 4 is 5.91 Å². The minimum atomic E-state index is 0.0758. The van der Waals surface area contributed by atoms with Crippen LogP contribution in [0.4, 0.5) is 0 Å². The van der Waals surface area contributed by atoms with Crippen molar-refractivity contribution in [1.82, 2.24) is 15.1 Å². The fraction of sp³-hybridized carbons (Fsp3) is 0.909. The maximum Gasteiger partial charge on any atom is 0.239 e. The van der Waals surface area contributed by atoms with Crippen LogP contribution >= 0.6 is 0 Å². The van der Waals surface area contributed by atoms with Gasteiger partial charge in [0.05, 0.1) is 6.04 Å². The molecule has 0 saturated carbocycles. The van der Waals surface area contributed by atoms with Crippen LogP contribution in [0.2, 0.25) is 0 Å². The number of piperazine rings is 1. The van der Waals surface area contributed by atoms with Crippen molar-refractivity contribution in [1.29, 1.82) is 0 Å². The van der Waals surface area contributed by atoms with Crippen LogP contribution in [-0.2, 0) is 4.79 Å². The van der Waals surface area contributed by atoms with E-state index in [1.54, 1.807) is 0 Å². The molecule has 2 saturated heterocycles. The van der Waals surface area contributed by atoms with Gasteiger partial charge in [0.15, 0.2) is 0 Å². The minimum absolute atomic E-state index is 0.0758. The molecule has 2 heterocycles. The molecule has 1 amide bonds. The second-order valence-corrected chi connectivity index (χ2v) is 4.65. The predicted molar refractivity (Wildman–Crippen MR) is 59.7 cm³/mol. The summed E-state index contributed by atoms with van der Waals surface area (Å²) in [6, 6.07) is 0.686. The van der Waals surface area contributed by atoms with Crippen LogP contribution in [0.1, 0.15) is 19.8 Å². The molecule has 2 fully saturated rings. The maximum atomic E-state index is 11.8. The highest BCUT2D eigenvalue weighted by Crippen LogP contribution is 2.18. The summed E-state index contributed by atoms with van der Waals surface area (Å²) in [5.41, 5.74) is 0. The van der Waals surface area contributed by atoms with Crippen LogP contribution in [-0.4, -0.2) is 61.0 Å². The third-order valence-corrected chi connectivity index (χ3v) is 3.70. The standard InChI is InChI=1S/C11H21N3O/c1-9-11(15)13(2)7-8-14(9)10-3-5-12-6-4-10/h9-10,12H,3-8H2,1-2H3. The van der Waals surface area contributed by atoms with Crippen molar-refractivity contribution < 1.29 is 4.79 Å². The SMILES string of the molecule is CC1C(=O)N(C)CCN1C1CCNCC1. The van der Waals surface area contributed by atoms with Crippen LogP contribution in [0, 0.1) is 0 Å². The van der Waals surface area contributed by atoms with Crippen molar-refractivity contribution in [2.75, 3.05) is 33.2 Å². The lowest BCUT2D eigenvalue weighted by Crippen LogP contribution is -2.59. The van der Waals surface area contributed by atoms with Crippen molar-refractivity contribution in [2.45, 2.75) is 31.8 Å². The Hall–Kier alpha value is -0.610. The molecular weight excluding hydrogens is 190 g/mol. The Balaban J connectivity index is 1.99. The van der Waals surface area contributed by atoms with Crippen molar-refractivity contribution in [3.8, 4) is 0 Å². The minimum Gasteiger partial charge on any atom is -0.343 e. The molecule has 0 bridgehead atoms. The van der Waals surface area contributed by atoms with Crippen LogP contribution in [0.25, 0.3) is 0 Å². The monoisotopic (exact) mass is 211 g/mol. The highest BCUT2D eigenvalue weighted by molar-refractivity contribution is 5.82. The molecule has 4 nitrogen and oxygen atoms in total. The van der Waals surface area contributed by atoms with E-state index in [4.69, 9.17) is 0 Å². The van der Waals surface area contributed by atoms with E-state index in [0.717, 1.165) is 26.2 Å². The second kappa shape index (κ2) is 4.49. The van der Waals surface area contributed by atoms with Gasteiger partial charge >= 0.3 is 0 Å². The van der Waals surface area contributed by atoms with E-state index in [-0.39, 0.29) is 11.9 Å². The van der Waals surface area contributed by atoms with Crippen molar-refractivity contribution in [3.05, 3.63) is 0 Å². The average Bonchev–Trinajstić information content (AvgIpc) is 2.27. The lowest BCUT2D eigenvalue weighted by atomic mass is 10.0. The highest BCUT2D eigenvalue weighted by Gasteiger charge is 2.33. The maximum absolute atomic E-state index is 11.8. The normalized spacial score (nSPS) is 30.9. The zero-order valence-electron chi connectivity index (χ0n) is 9.70. The molecule has 0 aromatic carbocycles. The number of carbonyl (C=O) groups excluding carboxylic acids is 1. The van der Waals surface area contributed by atoms with Crippen LogP contribution < -0.4 is 5.32 Å². The van der Waals surface area contributed by atoms with Gasteiger partial charge in [-0.3, -0.25) is 9.69 Å². The highest BCUT2D eigenvalue weighted by atomic mass is 16.2. The van der Waals surface area contributed by atoms with E-state index in [1.807, 2.05) is 18.9 Å². The number of amides is 1. The van der Waals surface area contributed by atoms with Gasteiger partial charge in [0.1, 0.15) is 0 Å². The Kier molecular flexibility index (Phi) is 3.26. The molecule has 0 aromatic heterocycles. The zero-order chi connectivity index (χ0) is 10.8. The van der Waals surface area contributed by atoms with E-state index in [9.17, 15) is 4.79 Å². The third-order valence-electron chi connectivity index (χ3n) is 3.70. The van der Waals surface area contributed by atoms with Crippen molar-refractivity contribution in [3.63, 3.8) is 0 Å². The van der Waals surface area contributed by atoms with E-state index in [1.165, 1.54) is 12.8 Å². The Labute approximate surface area is 91.6 Å². The van der Waals surface area contributed by atoms with Crippen LogP contribution in [0.3, 0.4) is 0 Å². The molecular formula is C11H21N3O. The topological polar surface area (TPSA) is 35.6 Å². The molecule has 86 valence electrons. The van der Waals surface area contributed by atoms with Gasteiger partial charge in [-0.25, -0.2) is 0 Å². The molecule has 0 radical (unpaired) electrons. The molecule has 1 N–H and O–H groups in total. The summed E-state index contributed by atoms with van der Waals surface area (Å²) in [6.07, 6.45) is 2.36. The zero-order valence-corrected chi connectivity index (χ0v) is 9.70. The number of piperidine rings is 1. The molecule has 4 heteroatoms. The molecule has 1 atom stereocenters. The number of likely N-dealkylation sites (N-methyl/N-ethyl adjacent to an activating group) is 1. The van der Waals surface area contributed by atoms with Crippen LogP contribution in [0.5, 0.6) is 0 Å². The van der Waals surface area contributed by atoms with Gasteiger partial charge in [-0.2, -0.15) is 0 Å². The first-order valence-electron chi connectivity index (χ1n) is 5.91. The summed E-state index contributed by atoms with van der Waals surface area (Å²) in [5, 5.41) is 3.37. The van der Waals surface area contributed by atoms with E-state index >= 15 is 0 Å². The lowest BCUT2D eigenvalue weighted by Gasteiger charge is -2.43. The third kappa shape index (κ3) is 2.16. The molecule has 1 unspecified atom stereocenters. The second-order valence-electron chi connectivity index (χ2n) is 4.65. The molecule has 2 aliphatic heterocycles. The van der Waals surface area contributed by atoms with Gasteiger partial charge in [0.2, 0.25) is 5.91 Å². The van der Waals surface area contributed by atoms with E-state index in [0.29, 0.717) is 6.04 Å². The Morgan fingerprint density at radius 1 is 1.27 bits per heavy atom. The summed E-state index contributed by atoms with van der Waals surface area (Å²) in [4.78, 5) is 16.1. The van der Waals surface area contributed by atoms with Gasteiger partial charge in [-0.1, -0.05) is 0 Å². The number of rotatable bonds is 1. The number of hydrogen-bond acceptors (Lipinski definition) is 3. The Morgan fingerprint density at radius 3 is 2.60 bits per heavy atom. The lowest BCUT2D eigenvalue weighted by molar-refractivity contribution is -0.141. The van der Waals surface area contributed by atoms with Gasteiger partial charge in [0, 0.05) is 26.2 Å². The largest absolute Gasteiger partial charge is 0.343 e. The summed E-state index contributed by atoms with van der Waals surface area (Å²) in [7, 11) is 1.90. The van der Waals surface area contributed by atoms with Gasteiger partial charge in [0.25, 0.3) is 0 Å². The first-order chi connectivity index (χ1) is 7.20. The number of nitrogens with one attached hydrogen (secondary N) is 1. The first kappa shape index (κ1) is 10.9. The molecule has 2 rings (SSSR count). The molecule has 0 spiro atoms. The fourth-order valence-corrected chi connectivity index (χ4v) is 2.67. The molecule has 0 aromatic rings. The molecule has 15 heavy (non-hydrogen) atoms. The number of hydrogen-bond donors (Lipinski definition) is 1. The average molecular weight is 211 g/mol. The quantitative estimate of drug-likeness (QED) is 0.658. The Bertz CT molecular complexity index is 238. The van der Waals surface area contributed by atoms with E-state index < -0.39 is 0 Å². The van der Waals surface area contributed by atoms with Crippen molar-refractivity contribution in [2.24, 2.45) is 0 Å². The van der Waals surface area contributed by atoms with Crippen LogP contribution in [0.15, 0.2) is 0 Å². The summed E-state index contributed by atoms with van der Waals surface area (Å²) in [6.45, 7) is 6.15. The smallest absolute Gasteiger partial charge is 0.239 e. The molecule has 2 aliphatic rings. The summed E-state index contributed by atoms with van der Waals surface area (Å²) in [5.74, 6) is 0.278. The van der Waals surface area contributed by atoms with Gasteiger partial charge in [-0.05, 0) is 32.9 Å². The summed E-state index contributed by atoms with van der Waals surface area (Å²) >= 11 is 0. The van der Waals surface area contributed by atoms with Gasteiger partial charge < -0.3 is 10.2 Å². The Morgan fingerprint density at radius 2 is 1.93 bits per heavy atom. The summed E-state index contributed by atoms with van der Waals surface area (Å²) < 4.78 is 0. The predicted octanol–water partition coefficient (Wildman–Crippen LogP) is -0.0991. The first-order valence-corrected chi connectivity index (χ1v) is 5.91. The number of carbonyl (C=O) groups is 1. The molecule has 0 aliphatic carbocycles. The number of nitrogens with zero attached hydrogens (tertiary/aromatic N) is 2. The van der Waals surface area contributed by atoms with Gasteiger partial charge in [-0.15, -0.1) is 0 Å².